The number of nitrogens with one attached hydrogen (secondary N) is 2. The largest absolute Gasteiger partial charge is 0.465 e. The standard InChI is InChI=1S/C22H28N4O3/c1-25-13-15-26(16-14-25)18-9-7-17(8-10-18)24-21(27)11-12-23-20-6-4-3-5-19(20)22(28)29-2/h3-10,23H,11-16H2,1-2H3,(H,24,27). The Hall–Kier alpha value is -3.06. The number of hydrogen-bond donors (Lipinski definition) is 2. The number of benzene rings is 2. The van der Waals surface area contributed by atoms with Gasteiger partial charge in [0, 0.05) is 56.2 Å². The van der Waals surface area contributed by atoms with Crippen LogP contribution in [0, 0.1) is 0 Å². The number of esters is 1. The van der Waals surface area contributed by atoms with E-state index in [2.05, 4.69) is 27.5 Å². The van der Waals surface area contributed by atoms with Gasteiger partial charge in [-0.1, -0.05) is 12.1 Å². The second-order valence-electron chi connectivity index (χ2n) is 7.10. The Kier molecular flexibility index (Phi) is 7.08. The molecule has 1 saturated heterocycles. The number of anilines is 3. The average Bonchev–Trinajstić information content (AvgIpc) is 2.75. The zero-order valence-corrected chi connectivity index (χ0v) is 17.0. The fourth-order valence-electron chi connectivity index (χ4n) is 3.28. The van der Waals surface area contributed by atoms with Crippen molar-refractivity contribution >= 4 is 28.9 Å². The van der Waals surface area contributed by atoms with Gasteiger partial charge in [-0.05, 0) is 43.4 Å². The smallest absolute Gasteiger partial charge is 0.339 e. The van der Waals surface area contributed by atoms with E-state index in [1.807, 2.05) is 30.3 Å². The zero-order chi connectivity index (χ0) is 20.6. The first-order valence-electron chi connectivity index (χ1n) is 9.81. The number of para-hydroxylation sites is 1. The number of likely N-dealkylation sites (N-methyl/N-ethyl adjacent to an activating group) is 1. The van der Waals surface area contributed by atoms with Crippen LogP contribution in [0.1, 0.15) is 16.8 Å². The van der Waals surface area contributed by atoms with Crippen molar-refractivity contribution in [2.75, 3.05) is 62.4 Å². The molecule has 0 aliphatic carbocycles. The van der Waals surface area contributed by atoms with Crippen molar-refractivity contribution in [3.63, 3.8) is 0 Å². The predicted octanol–water partition coefficient (Wildman–Crippen LogP) is 2.67. The number of hydrogen-bond acceptors (Lipinski definition) is 6. The second kappa shape index (κ2) is 9.93. The highest BCUT2D eigenvalue weighted by molar-refractivity contribution is 5.96. The van der Waals surface area contributed by atoms with Crippen LogP contribution in [-0.2, 0) is 9.53 Å². The number of carbonyl (C=O) groups excluding carboxylic acids is 2. The van der Waals surface area contributed by atoms with E-state index in [1.165, 1.54) is 12.8 Å². The molecular formula is C22H28N4O3. The van der Waals surface area contributed by atoms with Gasteiger partial charge in [-0.25, -0.2) is 4.79 Å². The highest BCUT2D eigenvalue weighted by atomic mass is 16.5. The molecule has 0 unspecified atom stereocenters. The highest BCUT2D eigenvalue weighted by Gasteiger charge is 2.14. The first kappa shape index (κ1) is 20.7. The molecule has 1 aliphatic heterocycles. The molecule has 0 atom stereocenters. The van der Waals surface area contributed by atoms with Crippen molar-refractivity contribution in [1.82, 2.24) is 4.90 Å². The predicted molar refractivity (Wildman–Crippen MR) is 116 cm³/mol. The summed E-state index contributed by atoms with van der Waals surface area (Å²) in [7, 11) is 3.49. The van der Waals surface area contributed by atoms with Gasteiger partial charge in [-0.3, -0.25) is 4.79 Å². The number of rotatable bonds is 7. The summed E-state index contributed by atoms with van der Waals surface area (Å²) in [5, 5.41) is 6.05. The summed E-state index contributed by atoms with van der Waals surface area (Å²) in [6.45, 7) is 4.57. The summed E-state index contributed by atoms with van der Waals surface area (Å²) in [5.41, 5.74) is 3.07. The number of ether oxygens (including phenoxy) is 1. The molecule has 1 fully saturated rings. The number of piperazine rings is 1. The minimum Gasteiger partial charge on any atom is -0.465 e. The van der Waals surface area contributed by atoms with E-state index in [0.29, 0.717) is 17.8 Å². The highest BCUT2D eigenvalue weighted by Crippen LogP contribution is 2.20. The molecule has 0 spiro atoms. The zero-order valence-electron chi connectivity index (χ0n) is 17.0. The molecule has 7 nitrogen and oxygen atoms in total. The van der Waals surface area contributed by atoms with E-state index in [-0.39, 0.29) is 12.3 Å². The third-order valence-corrected chi connectivity index (χ3v) is 5.02. The van der Waals surface area contributed by atoms with E-state index < -0.39 is 5.97 Å². The van der Waals surface area contributed by atoms with Crippen molar-refractivity contribution in [3.05, 3.63) is 54.1 Å². The summed E-state index contributed by atoms with van der Waals surface area (Å²) in [6, 6.07) is 15.1. The quantitative estimate of drug-likeness (QED) is 0.701. The Morgan fingerprint density at radius 2 is 1.69 bits per heavy atom. The van der Waals surface area contributed by atoms with Crippen molar-refractivity contribution in [2.45, 2.75) is 6.42 Å². The summed E-state index contributed by atoms with van der Waals surface area (Å²) in [6.07, 6.45) is 0.287. The Labute approximate surface area is 171 Å². The molecule has 3 rings (SSSR count). The monoisotopic (exact) mass is 396 g/mol. The van der Waals surface area contributed by atoms with Gasteiger partial charge in [0.1, 0.15) is 0 Å². The number of amides is 1. The molecule has 0 radical (unpaired) electrons. The van der Waals surface area contributed by atoms with Gasteiger partial charge in [-0.2, -0.15) is 0 Å². The molecule has 0 aromatic heterocycles. The van der Waals surface area contributed by atoms with Crippen molar-refractivity contribution in [2.24, 2.45) is 0 Å². The van der Waals surface area contributed by atoms with Crippen molar-refractivity contribution in [1.29, 1.82) is 0 Å². The first-order valence-corrected chi connectivity index (χ1v) is 9.81. The maximum absolute atomic E-state index is 12.2. The molecule has 29 heavy (non-hydrogen) atoms. The molecule has 2 N–H and O–H groups in total. The van der Waals surface area contributed by atoms with Crippen LogP contribution in [0.4, 0.5) is 17.1 Å². The third-order valence-electron chi connectivity index (χ3n) is 5.02. The SMILES string of the molecule is COC(=O)c1ccccc1NCCC(=O)Nc1ccc(N2CCN(C)CC2)cc1. The lowest BCUT2D eigenvalue weighted by molar-refractivity contribution is -0.115. The van der Waals surface area contributed by atoms with E-state index >= 15 is 0 Å². The van der Waals surface area contributed by atoms with E-state index in [4.69, 9.17) is 4.74 Å². The van der Waals surface area contributed by atoms with Crippen LogP contribution >= 0.6 is 0 Å². The normalized spacial score (nSPS) is 14.3. The molecule has 0 bridgehead atoms. The molecule has 2 aromatic rings. The molecule has 154 valence electrons. The van der Waals surface area contributed by atoms with Crippen LogP contribution in [-0.4, -0.2) is 63.7 Å². The van der Waals surface area contributed by atoms with Gasteiger partial charge in [0.05, 0.1) is 12.7 Å². The van der Waals surface area contributed by atoms with Crippen LogP contribution in [0.3, 0.4) is 0 Å². The first-order chi connectivity index (χ1) is 14.1. The van der Waals surface area contributed by atoms with Crippen LogP contribution in [0.25, 0.3) is 0 Å². The molecule has 1 heterocycles. The van der Waals surface area contributed by atoms with Crippen LogP contribution < -0.4 is 15.5 Å². The van der Waals surface area contributed by atoms with Gasteiger partial charge in [0.25, 0.3) is 0 Å². The Bertz CT molecular complexity index is 830. The lowest BCUT2D eigenvalue weighted by Gasteiger charge is -2.34. The van der Waals surface area contributed by atoms with E-state index in [1.54, 1.807) is 18.2 Å². The summed E-state index contributed by atoms with van der Waals surface area (Å²) in [5.74, 6) is -0.488. The van der Waals surface area contributed by atoms with Gasteiger partial charge in [-0.15, -0.1) is 0 Å². The summed E-state index contributed by atoms with van der Waals surface area (Å²) in [4.78, 5) is 28.7. The minimum absolute atomic E-state index is 0.0830. The number of carbonyl (C=O) groups is 2. The Morgan fingerprint density at radius 1 is 1.00 bits per heavy atom. The van der Waals surface area contributed by atoms with Gasteiger partial charge in [0.2, 0.25) is 5.91 Å². The second-order valence-corrected chi connectivity index (χ2v) is 7.10. The van der Waals surface area contributed by atoms with E-state index in [0.717, 1.165) is 31.9 Å². The Morgan fingerprint density at radius 3 is 2.38 bits per heavy atom. The molecule has 7 heteroatoms. The van der Waals surface area contributed by atoms with Crippen molar-refractivity contribution in [3.8, 4) is 0 Å². The van der Waals surface area contributed by atoms with Crippen LogP contribution in [0.15, 0.2) is 48.5 Å². The van der Waals surface area contributed by atoms with Gasteiger partial charge < -0.3 is 25.2 Å². The summed E-state index contributed by atoms with van der Waals surface area (Å²) >= 11 is 0. The van der Waals surface area contributed by atoms with Crippen molar-refractivity contribution < 1.29 is 14.3 Å². The fourth-order valence-corrected chi connectivity index (χ4v) is 3.28. The van der Waals surface area contributed by atoms with Gasteiger partial charge in [0.15, 0.2) is 0 Å². The maximum atomic E-state index is 12.2. The fraction of sp³-hybridized carbons (Fsp3) is 0.364. The van der Waals surface area contributed by atoms with E-state index in [9.17, 15) is 9.59 Å². The lowest BCUT2D eigenvalue weighted by Crippen LogP contribution is -2.44. The molecule has 1 aliphatic rings. The van der Waals surface area contributed by atoms with Gasteiger partial charge >= 0.3 is 5.97 Å². The van der Waals surface area contributed by atoms with Crippen LogP contribution in [0.5, 0.6) is 0 Å². The maximum Gasteiger partial charge on any atom is 0.339 e. The average molecular weight is 396 g/mol. The third kappa shape index (κ3) is 5.71. The molecule has 1 amide bonds. The topological polar surface area (TPSA) is 73.9 Å². The summed E-state index contributed by atoms with van der Waals surface area (Å²) < 4.78 is 4.78. The Balaban J connectivity index is 1.47. The lowest BCUT2D eigenvalue weighted by atomic mass is 10.1. The minimum atomic E-state index is -0.405. The molecule has 2 aromatic carbocycles. The number of methoxy groups -OCH3 is 1. The number of nitrogens with zero attached hydrogens (tertiary/aromatic N) is 2. The molecular weight excluding hydrogens is 368 g/mol. The molecule has 0 saturated carbocycles. The van der Waals surface area contributed by atoms with Crippen LogP contribution in [0.2, 0.25) is 0 Å².